The number of rotatable bonds is 3. The summed E-state index contributed by atoms with van der Waals surface area (Å²) >= 11 is 0. The summed E-state index contributed by atoms with van der Waals surface area (Å²) < 4.78 is 5.55. The van der Waals surface area contributed by atoms with E-state index in [9.17, 15) is 4.79 Å². The van der Waals surface area contributed by atoms with Gasteiger partial charge in [0.05, 0.1) is 0 Å². The SMILES string of the molecule is CC1C(NC2CCCC2CN)CCCN1C(=O)OC(C)(C)C. The highest BCUT2D eigenvalue weighted by molar-refractivity contribution is 5.68. The van der Waals surface area contributed by atoms with Gasteiger partial charge in [0.25, 0.3) is 0 Å². The van der Waals surface area contributed by atoms with Crippen LogP contribution >= 0.6 is 0 Å². The third-order valence-corrected chi connectivity index (χ3v) is 5.01. The standard InChI is InChI=1S/C17H33N3O2/c1-12-14(19-15-8-5-7-13(15)11-18)9-6-10-20(12)16(21)22-17(2,3)4/h12-15,19H,5-11,18H2,1-4H3. The molecule has 1 saturated carbocycles. The first-order valence-electron chi connectivity index (χ1n) is 8.77. The number of nitrogens with zero attached hydrogens (tertiary/aromatic N) is 1. The van der Waals surface area contributed by atoms with E-state index >= 15 is 0 Å². The molecular formula is C17H33N3O2. The summed E-state index contributed by atoms with van der Waals surface area (Å²) in [6, 6.07) is 1.03. The lowest BCUT2D eigenvalue weighted by molar-refractivity contribution is 0.00601. The van der Waals surface area contributed by atoms with Gasteiger partial charge in [-0.05, 0) is 65.8 Å². The van der Waals surface area contributed by atoms with E-state index in [-0.39, 0.29) is 12.1 Å². The molecule has 1 heterocycles. The molecule has 1 saturated heterocycles. The topological polar surface area (TPSA) is 67.6 Å². The molecule has 4 unspecified atom stereocenters. The van der Waals surface area contributed by atoms with E-state index in [1.807, 2.05) is 25.7 Å². The zero-order valence-electron chi connectivity index (χ0n) is 14.6. The van der Waals surface area contributed by atoms with Crippen molar-refractivity contribution >= 4 is 6.09 Å². The minimum absolute atomic E-state index is 0.169. The van der Waals surface area contributed by atoms with E-state index in [0.29, 0.717) is 18.0 Å². The van der Waals surface area contributed by atoms with E-state index in [0.717, 1.165) is 25.9 Å². The molecule has 0 spiro atoms. The van der Waals surface area contributed by atoms with Crippen molar-refractivity contribution < 1.29 is 9.53 Å². The monoisotopic (exact) mass is 311 g/mol. The fraction of sp³-hybridized carbons (Fsp3) is 0.941. The summed E-state index contributed by atoms with van der Waals surface area (Å²) in [7, 11) is 0. The first-order valence-corrected chi connectivity index (χ1v) is 8.77. The Morgan fingerprint density at radius 2 is 1.91 bits per heavy atom. The smallest absolute Gasteiger partial charge is 0.410 e. The Bertz CT molecular complexity index is 381. The molecule has 5 nitrogen and oxygen atoms in total. The summed E-state index contributed by atoms with van der Waals surface area (Å²) in [6.45, 7) is 9.43. The molecule has 1 amide bonds. The predicted molar refractivity (Wildman–Crippen MR) is 88.7 cm³/mol. The van der Waals surface area contributed by atoms with Crippen LogP contribution in [-0.2, 0) is 4.74 Å². The van der Waals surface area contributed by atoms with Crippen LogP contribution in [-0.4, -0.2) is 47.8 Å². The molecule has 3 N–H and O–H groups in total. The van der Waals surface area contributed by atoms with E-state index in [2.05, 4.69) is 12.2 Å². The number of ether oxygens (including phenoxy) is 1. The third kappa shape index (κ3) is 4.35. The summed E-state index contributed by atoms with van der Waals surface area (Å²) in [5.41, 5.74) is 5.45. The lowest BCUT2D eigenvalue weighted by atomic mass is 9.95. The van der Waals surface area contributed by atoms with Gasteiger partial charge in [-0.2, -0.15) is 0 Å². The van der Waals surface area contributed by atoms with Gasteiger partial charge in [-0.1, -0.05) is 6.42 Å². The second-order valence-corrected chi connectivity index (χ2v) is 7.86. The van der Waals surface area contributed by atoms with Gasteiger partial charge in [-0.3, -0.25) is 0 Å². The van der Waals surface area contributed by atoms with Gasteiger partial charge in [0, 0.05) is 24.7 Å². The van der Waals surface area contributed by atoms with Crippen molar-refractivity contribution in [3.05, 3.63) is 0 Å². The second-order valence-electron chi connectivity index (χ2n) is 7.86. The molecule has 5 heteroatoms. The van der Waals surface area contributed by atoms with Crippen LogP contribution in [0.25, 0.3) is 0 Å². The molecule has 4 atom stereocenters. The number of hydrogen-bond donors (Lipinski definition) is 2. The zero-order chi connectivity index (χ0) is 16.3. The zero-order valence-corrected chi connectivity index (χ0v) is 14.6. The molecule has 0 aromatic heterocycles. The Balaban J connectivity index is 1.94. The average molecular weight is 311 g/mol. The number of nitrogens with two attached hydrogens (primary N) is 1. The van der Waals surface area contributed by atoms with Crippen molar-refractivity contribution in [3.63, 3.8) is 0 Å². The molecule has 2 rings (SSSR count). The molecule has 0 bridgehead atoms. The molecule has 0 aromatic rings. The lowest BCUT2D eigenvalue weighted by Crippen LogP contribution is -2.57. The van der Waals surface area contributed by atoms with Crippen molar-refractivity contribution in [1.29, 1.82) is 0 Å². The number of amides is 1. The number of carbonyl (C=O) groups is 1. The Morgan fingerprint density at radius 1 is 1.23 bits per heavy atom. The van der Waals surface area contributed by atoms with Gasteiger partial charge in [0.15, 0.2) is 0 Å². The van der Waals surface area contributed by atoms with Crippen LogP contribution in [0.15, 0.2) is 0 Å². The fourth-order valence-electron chi connectivity index (χ4n) is 3.76. The van der Waals surface area contributed by atoms with E-state index in [1.165, 1.54) is 19.3 Å². The molecular weight excluding hydrogens is 278 g/mol. The third-order valence-electron chi connectivity index (χ3n) is 5.01. The van der Waals surface area contributed by atoms with Crippen molar-refractivity contribution in [1.82, 2.24) is 10.2 Å². The van der Waals surface area contributed by atoms with Crippen LogP contribution in [0, 0.1) is 5.92 Å². The number of carbonyl (C=O) groups excluding carboxylic acids is 1. The predicted octanol–water partition coefficient (Wildman–Crippen LogP) is 2.49. The Labute approximate surface area is 134 Å². The second kappa shape index (κ2) is 7.18. The van der Waals surface area contributed by atoms with Gasteiger partial charge in [0.1, 0.15) is 5.60 Å². The summed E-state index contributed by atoms with van der Waals surface area (Å²) in [5, 5.41) is 3.79. The van der Waals surface area contributed by atoms with Crippen LogP contribution in [0.3, 0.4) is 0 Å². The quantitative estimate of drug-likeness (QED) is 0.840. The van der Waals surface area contributed by atoms with Gasteiger partial charge >= 0.3 is 6.09 Å². The molecule has 128 valence electrons. The highest BCUT2D eigenvalue weighted by Crippen LogP contribution is 2.28. The minimum atomic E-state index is -0.437. The van der Waals surface area contributed by atoms with Crippen LogP contribution in [0.2, 0.25) is 0 Å². The first kappa shape index (κ1) is 17.5. The van der Waals surface area contributed by atoms with Crippen LogP contribution in [0.4, 0.5) is 4.79 Å². The number of piperidine rings is 1. The largest absolute Gasteiger partial charge is 0.444 e. The fourth-order valence-corrected chi connectivity index (χ4v) is 3.76. The van der Waals surface area contributed by atoms with Crippen LogP contribution < -0.4 is 11.1 Å². The maximum Gasteiger partial charge on any atom is 0.410 e. The molecule has 22 heavy (non-hydrogen) atoms. The molecule has 1 aliphatic carbocycles. The van der Waals surface area contributed by atoms with Crippen molar-refractivity contribution in [3.8, 4) is 0 Å². The highest BCUT2D eigenvalue weighted by Gasteiger charge is 2.36. The van der Waals surface area contributed by atoms with Crippen LogP contribution in [0.1, 0.15) is 59.8 Å². The maximum absolute atomic E-state index is 12.4. The van der Waals surface area contributed by atoms with E-state index in [4.69, 9.17) is 10.5 Å². The molecule has 0 radical (unpaired) electrons. The summed E-state index contributed by atoms with van der Waals surface area (Å²) in [4.78, 5) is 14.3. The number of likely N-dealkylation sites (tertiary alicyclic amines) is 1. The highest BCUT2D eigenvalue weighted by atomic mass is 16.6. The van der Waals surface area contributed by atoms with Crippen molar-refractivity contribution in [2.75, 3.05) is 13.1 Å². The molecule has 0 aromatic carbocycles. The molecule has 1 aliphatic heterocycles. The Hall–Kier alpha value is -0.810. The Kier molecular flexibility index (Phi) is 5.72. The molecule has 2 aliphatic rings. The van der Waals surface area contributed by atoms with Gasteiger partial charge < -0.3 is 20.7 Å². The average Bonchev–Trinajstić information content (AvgIpc) is 2.86. The lowest BCUT2D eigenvalue weighted by Gasteiger charge is -2.41. The first-order chi connectivity index (χ1) is 10.3. The van der Waals surface area contributed by atoms with Crippen molar-refractivity contribution in [2.24, 2.45) is 11.7 Å². The molecule has 2 fully saturated rings. The number of nitrogens with one attached hydrogen (secondary N) is 1. The summed E-state index contributed by atoms with van der Waals surface area (Å²) in [6.07, 6.45) is 5.66. The normalized spacial score (nSPS) is 33.0. The summed E-state index contributed by atoms with van der Waals surface area (Å²) in [5.74, 6) is 0.587. The van der Waals surface area contributed by atoms with Gasteiger partial charge in [0.2, 0.25) is 0 Å². The van der Waals surface area contributed by atoms with E-state index in [1.54, 1.807) is 0 Å². The van der Waals surface area contributed by atoms with Gasteiger partial charge in [-0.25, -0.2) is 4.79 Å². The van der Waals surface area contributed by atoms with Gasteiger partial charge in [-0.15, -0.1) is 0 Å². The Morgan fingerprint density at radius 3 is 2.55 bits per heavy atom. The van der Waals surface area contributed by atoms with Crippen molar-refractivity contribution in [2.45, 2.75) is 83.5 Å². The number of hydrogen-bond acceptors (Lipinski definition) is 4. The van der Waals surface area contributed by atoms with E-state index < -0.39 is 5.60 Å². The van der Waals surface area contributed by atoms with Crippen LogP contribution in [0.5, 0.6) is 0 Å². The maximum atomic E-state index is 12.4. The minimum Gasteiger partial charge on any atom is -0.444 e.